The molecule has 0 bridgehead atoms. The highest BCUT2D eigenvalue weighted by Gasteiger charge is 2.19. The smallest absolute Gasteiger partial charge is 0.228 e. The van der Waals surface area contributed by atoms with Crippen molar-refractivity contribution in [2.75, 3.05) is 35.7 Å². The molecule has 0 aliphatic rings. The Morgan fingerprint density at radius 1 is 1.28 bits per heavy atom. The molecule has 1 aromatic heterocycles. The molecule has 0 spiro atoms. The number of hydrogen-bond acceptors (Lipinski definition) is 7. The van der Waals surface area contributed by atoms with E-state index in [9.17, 15) is 5.11 Å². The maximum atomic E-state index is 10.0. The van der Waals surface area contributed by atoms with Gasteiger partial charge in [-0.15, -0.1) is 0 Å². The van der Waals surface area contributed by atoms with Crippen LogP contribution in [-0.2, 0) is 0 Å². The first-order valence-corrected chi connectivity index (χ1v) is 7.34. The Bertz CT molecular complexity index is 391. The van der Waals surface area contributed by atoms with Crippen molar-refractivity contribution in [2.45, 2.75) is 19.4 Å². The van der Waals surface area contributed by atoms with E-state index in [-0.39, 0.29) is 5.28 Å². The molecule has 0 amide bonds. The summed E-state index contributed by atoms with van der Waals surface area (Å²) >= 11 is 7.36. The van der Waals surface area contributed by atoms with Gasteiger partial charge in [-0.25, -0.2) is 0 Å². The zero-order valence-corrected chi connectivity index (χ0v) is 12.3. The van der Waals surface area contributed by atoms with Crippen LogP contribution in [0.5, 0.6) is 0 Å². The molecule has 0 saturated carbocycles. The second kappa shape index (κ2) is 6.96. The lowest BCUT2D eigenvalue weighted by molar-refractivity contribution is 0.0995. The summed E-state index contributed by atoms with van der Waals surface area (Å²) in [7, 11) is 0. The zero-order chi connectivity index (χ0) is 13.6. The van der Waals surface area contributed by atoms with Crippen molar-refractivity contribution in [1.82, 2.24) is 15.0 Å². The summed E-state index contributed by atoms with van der Waals surface area (Å²) in [6.45, 7) is 4.74. The molecular formula is C10H18ClN5OS. The van der Waals surface area contributed by atoms with Crippen molar-refractivity contribution < 1.29 is 5.11 Å². The van der Waals surface area contributed by atoms with E-state index in [0.29, 0.717) is 30.7 Å². The lowest BCUT2D eigenvalue weighted by Gasteiger charge is -2.22. The van der Waals surface area contributed by atoms with Gasteiger partial charge in [0.1, 0.15) is 0 Å². The molecular weight excluding hydrogens is 274 g/mol. The van der Waals surface area contributed by atoms with E-state index in [4.69, 9.17) is 11.6 Å². The summed E-state index contributed by atoms with van der Waals surface area (Å²) in [5.41, 5.74) is -0.823. The summed E-state index contributed by atoms with van der Waals surface area (Å²) < 4.78 is 0. The van der Waals surface area contributed by atoms with Crippen LogP contribution in [0.25, 0.3) is 0 Å². The number of rotatable bonds is 7. The highest BCUT2D eigenvalue weighted by atomic mass is 35.5. The minimum atomic E-state index is -0.823. The molecule has 1 aromatic rings. The average molecular weight is 292 g/mol. The van der Waals surface area contributed by atoms with Gasteiger partial charge < -0.3 is 15.7 Å². The van der Waals surface area contributed by atoms with Gasteiger partial charge in [-0.2, -0.15) is 26.7 Å². The van der Waals surface area contributed by atoms with Crippen molar-refractivity contribution in [2.24, 2.45) is 0 Å². The number of nitrogens with zero attached hydrogens (tertiary/aromatic N) is 3. The molecule has 0 aromatic carbocycles. The monoisotopic (exact) mass is 291 g/mol. The van der Waals surface area contributed by atoms with Gasteiger partial charge in [-0.1, -0.05) is 0 Å². The van der Waals surface area contributed by atoms with Crippen LogP contribution in [0.1, 0.15) is 13.8 Å². The fraction of sp³-hybridized carbons (Fsp3) is 0.700. The molecule has 1 rings (SSSR count). The standard InChI is InChI=1S/C10H18ClN5OS/c1-4-12-8-14-7(11)15-9(16-8)13-5-10(2,17)6-18-3/h17H,4-6H2,1-3H3,(H2,12,13,14,15,16). The van der Waals surface area contributed by atoms with Crippen LogP contribution in [0.4, 0.5) is 11.9 Å². The van der Waals surface area contributed by atoms with Gasteiger partial charge in [0.15, 0.2) is 0 Å². The Balaban J connectivity index is 2.66. The Hall–Kier alpha value is -0.790. The molecule has 6 nitrogen and oxygen atoms in total. The summed E-state index contributed by atoms with van der Waals surface area (Å²) in [5.74, 6) is 1.40. The number of nitrogens with one attached hydrogen (secondary N) is 2. The second-order valence-electron chi connectivity index (χ2n) is 4.07. The van der Waals surface area contributed by atoms with E-state index in [2.05, 4.69) is 25.6 Å². The van der Waals surface area contributed by atoms with Crippen LogP contribution < -0.4 is 10.6 Å². The molecule has 0 saturated heterocycles. The van der Waals surface area contributed by atoms with Gasteiger partial charge in [0.25, 0.3) is 0 Å². The predicted octanol–water partition coefficient (Wildman–Crippen LogP) is 1.48. The van der Waals surface area contributed by atoms with E-state index in [1.54, 1.807) is 18.7 Å². The van der Waals surface area contributed by atoms with Crippen molar-refractivity contribution in [3.8, 4) is 0 Å². The Kier molecular flexibility index (Phi) is 5.90. The Morgan fingerprint density at radius 3 is 2.44 bits per heavy atom. The maximum absolute atomic E-state index is 10.0. The highest BCUT2D eigenvalue weighted by molar-refractivity contribution is 7.98. The van der Waals surface area contributed by atoms with Crippen molar-refractivity contribution in [3.63, 3.8) is 0 Å². The molecule has 102 valence electrons. The molecule has 0 fully saturated rings. The van der Waals surface area contributed by atoms with E-state index in [1.165, 1.54) is 0 Å². The third-order valence-electron chi connectivity index (χ3n) is 2.03. The van der Waals surface area contributed by atoms with E-state index < -0.39 is 5.60 Å². The first-order chi connectivity index (χ1) is 8.46. The SMILES string of the molecule is CCNc1nc(Cl)nc(NCC(C)(O)CSC)n1. The largest absolute Gasteiger partial charge is 0.387 e. The zero-order valence-electron chi connectivity index (χ0n) is 10.7. The first kappa shape index (κ1) is 15.3. The van der Waals surface area contributed by atoms with Crippen LogP contribution >= 0.6 is 23.4 Å². The van der Waals surface area contributed by atoms with Crippen LogP contribution in [0.15, 0.2) is 0 Å². The minimum Gasteiger partial charge on any atom is -0.387 e. The molecule has 18 heavy (non-hydrogen) atoms. The van der Waals surface area contributed by atoms with Crippen molar-refractivity contribution in [3.05, 3.63) is 5.28 Å². The predicted molar refractivity (Wildman–Crippen MR) is 76.5 cm³/mol. The van der Waals surface area contributed by atoms with Gasteiger partial charge in [0, 0.05) is 18.8 Å². The van der Waals surface area contributed by atoms with Crippen molar-refractivity contribution in [1.29, 1.82) is 0 Å². The summed E-state index contributed by atoms with van der Waals surface area (Å²) in [5, 5.41) is 16.1. The molecule has 0 radical (unpaired) electrons. The molecule has 0 aliphatic heterocycles. The minimum absolute atomic E-state index is 0.118. The van der Waals surface area contributed by atoms with Gasteiger partial charge in [0.2, 0.25) is 17.2 Å². The Morgan fingerprint density at radius 2 is 1.89 bits per heavy atom. The number of aliphatic hydroxyl groups is 1. The third-order valence-corrected chi connectivity index (χ3v) is 3.11. The van der Waals surface area contributed by atoms with Crippen LogP contribution in [0.3, 0.4) is 0 Å². The molecule has 8 heteroatoms. The van der Waals surface area contributed by atoms with Crippen LogP contribution in [-0.4, -0.2) is 50.8 Å². The molecule has 1 heterocycles. The van der Waals surface area contributed by atoms with Gasteiger partial charge in [-0.3, -0.25) is 0 Å². The van der Waals surface area contributed by atoms with Crippen LogP contribution in [0, 0.1) is 0 Å². The highest BCUT2D eigenvalue weighted by Crippen LogP contribution is 2.13. The maximum Gasteiger partial charge on any atom is 0.228 e. The Labute approximate surface area is 116 Å². The number of thioether (sulfide) groups is 1. The second-order valence-corrected chi connectivity index (χ2v) is 5.27. The molecule has 0 aliphatic carbocycles. The molecule has 1 unspecified atom stereocenters. The topological polar surface area (TPSA) is 83.0 Å². The number of anilines is 2. The summed E-state index contributed by atoms with van der Waals surface area (Å²) in [4.78, 5) is 12.0. The average Bonchev–Trinajstić information content (AvgIpc) is 2.26. The fourth-order valence-electron chi connectivity index (χ4n) is 1.30. The lowest BCUT2D eigenvalue weighted by Crippen LogP contribution is -2.36. The number of halogens is 1. The van der Waals surface area contributed by atoms with E-state index in [0.717, 1.165) is 0 Å². The van der Waals surface area contributed by atoms with E-state index >= 15 is 0 Å². The van der Waals surface area contributed by atoms with Crippen LogP contribution in [0.2, 0.25) is 5.28 Å². The van der Waals surface area contributed by atoms with Gasteiger partial charge >= 0.3 is 0 Å². The first-order valence-electron chi connectivity index (χ1n) is 5.57. The number of aromatic nitrogens is 3. The molecule has 1 atom stereocenters. The quantitative estimate of drug-likeness (QED) is 0.702. The van der Waals surface area contributed by atoms with E-state index in [1.807, 2.05) is 13.2 Å². The van der Waals surface area contributed by atoms with Gasteiger partial charge in [0.05, 0.1) is 5.60 Å². The lowest BCUT2D eigenvalue weighted by atomic mass is 10.1. The summed E-state index contributed by atoms with van der Waals surface area (Å²) in [6.07, 6.45) is 1.94. The summed E-state index contributed by atoms with van der Waals surface area (Å²) in [6, 6.07) is 0. The molecule has 3 N–H and O–H groups in total. The van der Waals surface area contributed by atoms with Gasteiger partial charge in [-0.05, 0) is 31.7 Å². The normalized spacial score (nSPS) is 14.1. The number of hydrogen-bond donors (Lipinski definition) is 3. The third kappa shape index (κ3) is 5.24. The fourth-order valence-corrected chi connectivity index (χ4v) is 2.18. The van der Waals surface area contributed by atoms with Crippen molar-refractivity contribution >= 4 is 35.3 Å².